The van der Waals surface area contributed by atoms with Crippen molar-refractivity contribution in [3.8, 4) is 0 Å². The fourth-order valence-electron chi connectivity index (χ4n) is 2.51. The van der Waals surface area contributed by atoms with Crippen LogP contribution in [0.3, 0.4) is 0 Å². The van der Waals surface area contributed by atoms with Crippen molar-refractivity contribution in [2.75, 3.05) is 6.61 Å². The first kappa shape index (κ1) is 15.3. The Hall–Kier alpha value is -2.09. The normalized spacial score (nSPS) is 11.9. The van der Waals surface area contributed by atoms with Crippen molar-refractivity contribution in [3.63, 3.8) is 0 Å². The average Bonchev–Trinajstić information content (AvgIpc) is 2.52. The number of aryl methyl sites for hydroxylation is 1. The monoisotopic (exact) mass is 282 g/mol. The van der Waals surface area contributed by atoms with Crippen molar-refractivity contribution >= 4 is 5.97 Å². The lowest BCUT2D eigenvalue weighted by atomic mass is 9.94. The van der Waals surface area contributed by atoms with E-state index in [1.807, 2.05) is 37.3 Å². The molecule has 2 nitrogen and oxygen atoms in total. The number of rotatable bonds is 6. The van der Waals surface area contributed by atoms with Gasteiger partial charge in [-0.15, -0.1) is 0 Å². The van der Waals surface area contributed by atoms with Crippen molar-refractivity contribution in [1.29, 1.82) is 0 Å². The second kappa shape index (κ2) is 7.63. The topological polar surface area (TPSA) is 26.3 Å². The van der Waals surface area contributed by atoms with E-state index in [0.717, 1.165) is 18.4 Å². The molecule has 0 aromatic heterocycles. The van der Waals surface area contributed by atoms with Gasteiger partial charge in [0.15, 0.2) is 0 Å². The first-order valence-corrected chi connectivity index (χ1v) is 7.50. The molecule has 21 heavy (non-hydrogen) atoms. The maximum absolute atomic E-state index is 12.0. The maximum Gasteiger partial charge on any atom is 0.338 e. The number of hydrogen-bond donors (Lipinski definition) is 0. The summed E-state index contributed by atoms with van der Waals surface area (Å²) in [6.45, 7) is 4.55. The Morgan fingerprint density at radius 2 is 1.71 bits per heavy atom. The van der Waals surface area contributed by atoms with E-state index >= 15 is 0 Å². The highest BCUT2D eigenvalue weighted by molar-refractivity contribution is 5.90. The zero-order valence-electron chi connectivity index (χ0n) is 12.7. The Balaban J connectivity index is 1.89. The van der Waals surface area contributed by atoms with Crippen LogP contribution in [0.25, 0.3) is 0 Å². The largest absolute Gasteiger partial charge is 0.462 e. The predicted octanol–water partition coefficient (Wildman–Crippen LogP) is 4.74. The third kappa shape index (κ3) is 4.19. The van der Waals surface area contributed by atoms with Crippen molar-refractivity contribution in [3.05, 3.63) is 71.3 Å². The molecule has 0 amide bonds. The minimum absolute atomic E-state index is 0.226. The molecule has 2 heteroatoms. The van der Waals surface area contributed by atoms with Crippen LogP contribution < -0.4 is 0 Å². The van der Waals surface area contributed by atoms with E-state index in [4.69, 9.17) is 4.74 Å². The Morgan fingerprint density at radius 1 is 1.05 bits per heavy atom. The number of benzene rings is 2. The summed E-state index contributed by atoms with van der Waals surface area (Å²) in [4.78, 5) is 12.0. The molecule has 0 N–H and O–H groups in total. The molecule has 0 fully saturated rings. The van der Waals surface area contributed by atoms with E-state index in [2.05, 4.69) is 31.2 Å². The van der Waals surface area contributed by atoms with Gasteiger partial charge < -0.3 is 4.74 Å². The minimum atomic E-state index is -0.226. The van der Waals surface area contributed by atoms with Crippen molar-refractivity contribution in [2.45, 2.75) is 32.6 Å². The summed E-state index contributed by atoms with van der Waals surface area (Å²) in [5.74, 6) is 0.215. The summed E-state index contributed by atoms with van der Waals surface area (Å²) in [5, 5.41) is 0. The van der Waals surface area contributed by atoms with Crippen LogP contribution in [0, 0.1) is 6.92 Å². The predicted molar refractivity (Wildman–Crippen MR) is 85.6 cm³/mol. The van der Waals surface area contributed by atoms with Crippen LogP contribution in [-0.4, -0.2) is 12.6 Å². The molecule has 0 saturated heterocycles. The number of hydrogen-bond acceptors (Lipinski definition) is 2. The fraction of sp³-hybridized carbons (Fsp3) is 0.316. The first-order chi connectivity index (χ1) is 10.2. The molecule has 2 aromatic rings. The number of carbonyl (C=O) groups is 1. The molecule has 2 aromatic carbocycles. The van der Waals surface area contributed by atoms with E-state index in [1.165, 1.54) is 5.56 Å². The molecule has 1 atom stereocenters. The molecule has 0 aliphatic carbocycles. The van der Waals surface area contributed by atoms with Gasteiger partial charge in [0.05, 0.1) is 12.2 Å². The Labute approximate surface area is 126 Å². The molecule has 0 aliphatic heterocycles. The van der Waals surface area contributed by atoms with Gasteiger partial charge in [-0.2, -0.15) is 0 Å². The molecule has 0 saturated carbocycles. The first-order valence-electron chi connectivity index (χ1n) is 7.50. The molecule has 110 valence electrons. The number of carbonyl (C=O) groups excluding carboxylic acids is 1. The smallest absolute Gasteiger partial charge is 0.338 e. The Kier molecular flexibility index (Phi) is 5.56. The van der Waals surface area contributed by atoms with Gasteiger partial charge in [-0.25, -0.2) is 4.79 Å². The fourth-order valence-corrected chi connectivity index (χ4v) is 2.51. The van der Waals surface area contributed by atoms with Gasteiger partial charge in [-0.1, -0.05) is 55.5 Å². The Bertz CT molecular complexity index is 575. The van der Waals surface area contributed by atoms with Crippen LogP contribution in [0.1, 0.15) is 47.2 Å². The summed E-state index contributed by atoms with van der Waals surface area (Å²) in [5.41, 5.74) is 2.93. The highest BCUT2D eigenvalue weighted by atomic mass is 16.5. The Morgan fingerprint density at radius 3 is 2.38 bits per heavy atom. The molecule has 0 spiro atoms. The van der Waals surface area contributed by atoms with Gasteiger partial charge in [0.1, 0.15) is 0 Å². The van der Waals surface area contributed by atoms with Gasteiger partial charge in [0, 0.05) is 0 Å². The van der Waals surface area contributed by atoms with Gasteiger partial charge in [-0.05, 0) is 42.9 Å². The molecule has 0 bridgehead atoms. The number of ether oxygens (including phenoxy) is 1. The lowest BCUT2D eigenvalue weighted by Gasteiger charge is -2.15. The van der Waals surface area contributed by atoms with Crippen LogP contribution in [-0.2, 0) is 4.74 Å². The lowest BCUT2D eigenvalue weighted by Crippen LogP contribution is -2.10. The zero-order chi connectivity index (χ0) is 15.1. The second-order valence-electron chi connectivity index (χ2n) is 5.26. The number of esters is 1. The van der Waals surface area contributed by atoms with Crippen molar-refractivity contribution in [1.82, 2.24) is 0 Å². The van der Waals surface area contributed by atoms with Crippen LogP contribution in [0.2, 0.25) is 0 Å². The van der Waals surface area contributed by atoms with Gasteiger partial charge in [-0.3, -0.25) is 0 Å². The lowest BCUT2D eigenvalue weighted by molar-refractivity contribution is 0.0491. The van der Waals surface area contributed by atoms with E-state index in [0.29, 0.717) is 18.1 Å². The van der Waals surface area contributed by atoms with E-state index in [9.17, 15) is 4.79 Å². The second-order valence-corrected chi connectivity index (χ2v) is 5.26. The van der Waals surface area contributed by atoms with E-state index in [1.54, 1.807) is 0 Å². The van der Waals surface area contributed by atoms with Crippen LogP contribution >= 0.6 is 0 Å². The van der Waals surface area contributed by atoms with Gasteiger partial charge >= 0.3 is 5.97 Å². The minimum Gasteiger partial charge on any atom is -0.462 e. The van der Waals surface area contributed by atoms with Gasteiger partial charge in [0.2, 0.25) is 0 Å². The molecule has 1 unspecified atom stereocenters. The third-order valence-electron chi connectivity index (χ3n) is 3.83. The summed E-state index contributed by atoms with van der Waals surface area (Å²) in [7, 11) is 0. The SMILES string of the molecule is CCC(CCOC(=O)c1ccccc1C)c1ccccc1. The maximum atomic E-state index is 12.0. The molecular weight excluding hydrogens is 260 g/mol. The van der Waals surface area contributed by atoms with Crippen LogP contribution in [0.15, 0.2) is 54.6 Å². The van der Waals surface area contributed by atoms with Crippen LogP contribution in [0.5, 0.6) is 0 Å². The molecule has 0 radical (unpaired) electrons. The summed E-state index contributed by atoms with van der Waals surface area (Å²) < 4.78 is 5.42. The van der Waals surface area contributed by atoms with E-state index in [-0.39, 0.29) is 5.97 Å². The highest BCUT2D eigenvalue weighted by Crippen LogP contribution is 2.23. The van der Waals surface area contributed by atoms with Crippen LogP contribution in [0.4, 0.5) is 0 Å². The van der Waals surface area contributed by atoms with Crippen molar-refractivity contribution in [2.24, 2.45) is 0 Å². The summed E-state index contributed by atoms with van der Waals surface area (Å²) in [6, 6.07) is 17.9. The quantitative estimate of drug-likeness (QED) is 0.716. The summed E-state index contributed by atoms with van der Waals surface area (Å²) in [6.07, 6.45) is 1.91. The molecule has 2 rings (SSSR count). The summed E-state index contributed by atoms with van der Waals surface area (Å²) >= 11 is 0. The van der Waals surface area contributed by atoms with E-state index < -0.39 is 0 Å². The average molecular weight is 282 g/mol. The third-order valence-corrected chi connectivity index (χ3v) is 3.83. The molecule has 0 aliphatic rings. The zero-order valence-corrected chi connectivity index (χ0v) is 12.7. The molecular formula is C19H22O2. The van der Waals surface area contributed by atoms with Crippen molar-refractivity contribution < 1.29 is 9.53 Å². The standard InChI is InChI=1S/C19H22O2/c1-3-16(17-10-5-4-6-11-17)13-14-21-19(20)18-12-8-7-9-15(18)2/h4-12,16H,3,13-14H2,1-2H3. The van der Waals surface area contributed by atoms with Gasteiger partial charge in [0.25, 0.3) is 0 Å². The molecule has 0 heterocycles. The highest BCUT2D eigenvalue weighted by Gasteiger charge is 2.12.